The normalized spacial score (nSPS) is 19.7. The summed E-state index contributed by atoms with van der Waals surface area (Å²) in [6.07, 6.45) is 2.45. The Balaban J connectivity index is 1.68. The number of anilines is 2. The van der Waals surface area contributed by atoms with Gasteiger partial charge in [-0.1, -0.05) is 0 Å². The molecular weight excluding hydrogens is 460 g/mol. The van der Waals surface area contributed by atoms with Crippen molar-refractivity contribution in [1.29, 1.82) is 0 Å². The van der Waals surface area contributed by atoms with E-state index in [4.69, 9.17) is 32.7 Å². The molecule has 2 aromatic rings. The van der Waals surface area contributed by atoms with E-state index in [-0.39, 0.29) is 6.04 Å². The number of nitrogens with one attached hydrogen (secondary N) is 2. The number of nitrogens with zero attached hydrogens (tertiary/aromatic N) is 3. The smallest absolute Gasteiger partial charge is 0.170 e. The molecule has 11 heteroatoms. The summed E-state index contributed by atoms with van der Waals surface area (Å²) >= 11 is 5.25. The van der Waals surface area contributed by atoms with E-state index in [0.717, 1.165) is 17.1 Å². The molecule has 1 aliphatic carbocycles. The van der Waals surface area contributed by atoms with E-state index in [0.29, 0.717) is 62.3 Å². The zero-order chi connectivity index (χ0) is 23.6. The molecule has 2 aliphatic rings. The van der Waals surface area contributed by atoms with Gasteiger partial charge in [-0.15, -0.1) is 0 Å². The van der Waals surface area contributed by atoms with E-state index in [1.165, 1.54) is 6.26 Å². The lowest BCUT2D eigenvalue weighted by Crippen LogP contribution is -2.44. The second kappa shape index (κ2) is 9.49. The Bertz CT molecular complexity index is 1120. The molecule has 0 unspecified atom stereocenters. The zero-order valence-corrected chi connectivity index (χ0v) is 20.5. The number of thiocarbonyl (C=S) groups is 1. The fraction of sp³-hybridized carbons (Fsp3) is 0.500. The highest BCUT2D eigenvalue weighted by atomic mass is 32.2. The van der Waals surface area contributed by atoms with E-state index in [1.807, 2.05) is 30.3 Å². The van der Waals surface area contributed by atoms with E-state index >= 15 is 0 Å². The molecule has 1 aromatic heterocycles. The molecule has 0 radical (unpaired) electrons. The lowest BCUT2D eigenvalue weighted by atomic mass is 10.1. The van der Waals surface area contributed by atoms with Crippen LogP contribution in [0.15, 0.2) is 30.3 Å². The lowest BCUT2D eigenvalue weighted by Gasteiger charge is -2.34. The summed E-state index contributed by atoms with van der Waals surface area (Å²) in [5, 5.41) is 6.63. The van der Waals surface area contributed by atoms with E-state index < -0.39 is 14.6 Å². The summed E-state index contributed by atoms with van der Waals surface area (Å²) < 4.78 is 29.9. The third kappa shape index (κ3) is 5.11. The molecule has 2 heterocycles. The third-order valence-electron chi connectivity index (χ3n) is 6.09. The number of nitrogens with two attached hydrogens (primary N) is 1. The topological polar surface area (TPSA) is 122 Å². The predicted octanol–water partition coefficient (Wildman–Crippen LogP) is 1.65. The van der Waals surface area contributed by atoms with Gasteiger partial charge in [-0.05, 0) is 56.2 Å². The molecule has 1 aliphatic heterocycles. The summed E-state index contributed by atoms with van der Waals surface area (Å²) in [6, 6.07) is 9.57. The lowest BCUT2D eigenvalue weighted by molar-refractivity contribution is 0.0985. The molecule has 0 spiro atoms. The number of sulfone groups is 1. The van der Waals surface area contributed by atoms with Crippen LogP contribution in [0.2, 0.25) is 0 Å². The van der Waals surface area contributed by atoms with Crippen LogP contribution in [0, 0.1) is 0 Å². The Labute approximate surface area is 200 Å². The Kier molecular flexibility index (Phi) is 6.85. The van der Waals surface area contributed by atoms with E-state index in [2.05, 4.69) is 22.5 Å². The fourth-order valence-corrected chi connectivity index (χ4v) is 5.55. The van der Waals surface area contributed by atoms with Gasteiger partial charge in [0.2, 0.25) is 0 Å². The largest absolute Gasteiger partial charge is 0.377 e. The Hall–Kier alpha value is -2.34. The van der Waals surface area contributed by atoms with Crippen molar-refractivity contribution in [3.8, 4) is 11.4 Å². The van der Waals surface area contributed by atoms with Crippen LogP contribution in [0.5, 0.6) is 0 Å². The van der Waals surface area contributed by atoms with Crippen LogP contribution in [0.4, 0.5) is 11.5 Å². The summed E-state index contributed by atoms with van der Waals surface area (Å²) in [5.74, 6) is 1.24. The molecule has 1 saturated heterocycles. The molecule has 178 valence electrons. The van der Waals surface area contributed by atoms with Gasteiger partial charge in [0.05, 0.1) is 24.9 Å². The molecule has 4 rings (SSSR count). The molecule has 2 fully saturated rings. The minimum atomic E-state index is -3.31. The molecule has 33 heavy (non-hydrogen) atoms. The Morgan fingerprint density at radius 2 is 2.03 bits per heavy atom. The number of aromatic nitrogens is 2. The summed E-state index contributed by atoms with van der Waals surface area (Å²) in [4.78, 5) is 11.7. The van der Waals surface area contributed by atoms with Crippen LogP contribution in [-0.4, -0.2) is 68.6 Å². The van der Waals surface area contributed by atoms with Gasteiger partial charge in [0.15, 0.2) is 20.8 Å². The maximum absolute atomic E-state index is 12.6. The number of hydrogen-bond acceptors (Lipinski definition) is 8. The quantitative estimate of drug-likeness (QED) is 0.494. The summed E-state index contributed by atoms with van der Waals surface area (Å²) in [5.41, 5.74) is 7.68. The van der Waals surface area contributed by atoms with Crippen molar-refractivity contribution in [3.63, 3.8) is 0 Å². The molecule has 1 aromatic carbocycles. The maximum Gasteiger partial charge on any atom is 0.170 e. The van der Waals surface area contributed by atoms with Crippen molar-refractivity contribution in [2.24, 2.45) is 5.73 Å². The van der Waals surface area contributed by atoms with Crippen LogP contribution >= 0.6 is 12.2 Å². The van der Waals surface area contributed by atoms with E-state index in [1.54, 1.807) is 0 Å². The van der Waals surface area contributed by atoms with Crippen molar-refractivity contribution in [2.45, 2.75) is 30.6 Å². The fourth-order valence-electron chi connectivity index (χ4n) is 4.01. The Morgan fingerprint density at radius 1 is 1.30 bits per heavy atom. The highest BCUT2D eigenvalue weighted by Gasteiger charge is 2.55. The second-order valence-electron chi connectivity index (χ2n) is 8.57. The van der Waals surface area contributed by atoms with Crippen LogP contribution in [-0.2, 0) is 19.3 Å². The first-order chi connectivity index (χ1) is 15.7. The number of hydrogen-bond donors (Lipinski definition) is 3. The van der Waals surface area contributed by atoms with Crippen molar-refractivity contribution >= 4 is 38.7 Å². The molecule has 4 N–H and O–H groups in total. The molecule has 1 saturated carbocycles. The number of morpholine rings is 1. The molecule has 9 nitrogen and oxygen atoms in total. The number of rotatable bonds is 7. The predicted molar refractivity (Wildman–Crippen MR) is 134 cm³/mol. The van der Waals surface area contributed by atoms with Gasteiger partial charge in [0, 0.05) is 43.2 Å². The molecule has 1 atom stereocenters. The zero-order valence-electron chi connectivity index (χ0n) is 18.9. The highest BCUT2D eigenvalue weighted by Crippen LogP contribution is 2.52. The minimum Gasteiger partial charge on any atom is -0.377 e. The van der Waals surface area contributed by atoms with E-state index in [9.17, 15) is 8.42 Å². The average Bonchev–Trinajstić information content (AvgIpc) is 3.61. The standard InChI is InChI=1S/C22H30N6O3S2/c1-15-14-31-12-11-28(15)19-13-18(22(7-8-22)33(2,29)30)26-20(27-19)16-3-5-17(6-4-16)25-21(32)24-10-9-23/h3-6,13,15H,7-12,14,23H2,1-2H3,(H2,24,25,32)/t15-/m0/s1. The van der Waals surface area contributed by atoms with Gasteiger partial charge in [-0.3, -0.25) is 0 Å². The van der Waals surface area contributed by atoms with Crippen molar-refractivity contribution in [1.82, 2.24) is 15.3 Å². The maximum atomic E-state index is 12.6. The average molecular weight is 491 g/mol. The first-order valence-electron chi connectivity index (χ1n) is 11.0. The molecule has 0 amide bonds. The van der Waals surface area contributed by atoms with Crippen LogP contribution in [0.1, 0.15) is 25.5 Å². The SMILES string of the molecule is C[C@H]1COCCN1c1cc(C2(S(C)(=O)=O)CC2)nc(-c2ccc(NC(=S)NCCN)cc2)n1. The molecular formula is C22H30N6O3S2. The number of benzene rings is 1. The molecule has 0 bridgehead atoms. The van der Waals surface area contributed by atoms with Crippen LogP contribution in [0.25, 0.3) is 11.4 Å². The van der Waals surface area contributed by atoms with Crippen molar-refractivity contribution in [2.75, 3.05) is 49.3 Å². The van der Waals surface area contributed by atoms with Gasteiger partial charge in [-0.2, -0.15) is 0 Å². The second-order valence-corrected chi connectivity index (χ2v) is 11.3. The van der Waals surface area contributed by atoms with Gasteiger partial charge < -0.3 is 26.0 Å². The van der Waals surface area contributed by atoms with Crippen LogP contribution < -0.4 is 21.3 Å². The number of ether oxygens (including phenoxy) is 1. The van der Waals surface area contributed by atoms with Gasteiger partial charge in [-0.25, -0.2) is 18.4 Å². The van der Waals surface area contributed by atoms with Gasteiger partial charge in [0.25, 0.3) is 0 Å². The van der Waals surface area contributed by atoms with Gasteiger partial charge >= 0.3 is 0 Å². The third-order valence-corrected chi connectivity index (χ3v) is 8.37. The Morgan fingerprint density at radius 3 is 2.64 bits per heavy atom. The monoisotopic (exact) mass is 490 g/mol. The van der Waals surface area contributed by atoms with Crippen LogP contribution in [0.3, 0.4) is 0 Å². The first-order valence-corrected chi connectivity index (χ1v) is 13.3. The summed E-state index contributed by atoms with van der Waals surface area (Å²) in [6.45, 7) is 5.06. The van der Waals surface area contributed by atoms with Crippen molar-refractivity contribution < 1.29 is 13.2 Å². The summed E-state index contributed by atoms with van der Waals surface area (Å²) in [7, 11) is -3.31. The first kappa shape index (κ1) is 23.8. The van der Waals surface area contributed by atoms with Gasteiger partial charge in [0.1, 0.15) is 10.6 Å². The van der Waals surface area contributed by atoms with Crippen molar-refractivity contribution in [3.05, 3.63) is 36.0 Å². The highest BCUT2D eigenvalue weighted by molar-refractivity contribution is 7.92. The minimum absolute atomic E-state index is 0.136.